The molecule has 1 aromatic heterocycles. The highest BCUT2D eigenvalue weighted by Gasteiger charge is 2.05. The van der Waals surface area contributed by atoms with Crippen molar-refractivity contribution in [1.82, 2.24) is 5.43 Å². The fourth-order valence-corrected chi connectivity index (χ4v) is 1.47. The monoisotopic (exact) mass is 249 g/mol. The van der Waals surface area contributed by atoms with Crippen molar-refractivity contribution in [3.8, 4) is 5.75 Å². The zero-order valence-electron chi connectivity index (χ0n) is 9.14. The molecule has 0 bridgehead atoms. The number of ether oxygens (including phenoxy) is 1. The van der Waals surface area contributed by atoms with Crippen molar-refractivity contribution in [2.75, 3.05) is 7.11 Å². The molecule has 0 amide bonds. The molecular weight excluding hydrogens is 238 g/mol. The van der Waals surface area contributed by atoms with Crippen LogP contribution in [0.4, 0.5) is 0 Å². The van der Waals surface area contributed by atoms with E-state index in [9.17, 15) is 0 Å². The van der Waals surface area contributed by atoms with E-state index >= 15 is 0 Å². The molecule has 3 N–H and O–H groups in total. The number of hydrogen-bond acceptors (Lipinski definition) is 4. The third-order valence-corrected chi connectivity index (χ3v) is 2.28. The third-order valence-electron chi connectivity index (χ3n) is 2.19. The van der Waals surface area contributed by atoms with Crippen molar-refractivity contribution < 1.29 is 9.15 Å². The fraction of sp³-hybridized carbons (Fsp3) is 0.0909. The molecule has 88 valence electrons. The molecule has 0 spiro atoms. The molecule has 1 heterocycles. The third kappa shape index (κ3) is 2.54. The number of hydrogen-bond donors (Lipinski definition) is 2. The SMILES string of the molecule is COc1ccc2occ(/C=N/NC(N)=S)c2c1. The Labute approximate surface area is 103 Å². The van der Waals surface area contributed by atoms with E-state index in [1.807, 2.05) is 18.2 Å². The van der Waals surface area contributed by atoms with E-state index in [2.05, 4.69) is 22.7 Å². The van der Waals surface area contributed by atoms with Gasteiger partial charge in [0.15, 0.2) is 5.11 Å². The van der Waals surface area contributed by atoms with Crippen molar-refractivity contribution in [2.45, 2.75) is 0 Å². The highest BCUT2D eigenvalue weighted by Crippen LogP contribution is 2.24. The van der Waals surface area contributed by atoms with Crippen molar-refractivity contribution in [1.29, 1.82) is 0 Å². The van der Waals surface area contributed by atoms with Gasteiger partial charge in [-0.15, -0.1) is 0 Å². The number of thiocarbonyl (C=S) groups is 1. The molecule has 2 aromatic rings. The number of rotatable bonds is 3. The van der Waals surface area contributed by atoms with E-state index in [-0.39, 0.29) is 5.11 Å². The average molecular weight is 249 g/mol. The summed E-state index contributed by atoms with van der Waals surface area (Å²) in [5, 5.41) is 4.91. The maximum absolute atomic E-state index is 5.37. The Morgan fingerprint density at radius 2 is 2.41 bits per heavy atom. The summed E-state index contributed by atoms with van der Waals surface area (Å²) in [7, 11) is 1.61. The number of methoxy groups -OCH3 is 1. The van der Waals surface area contributed by atoms with Gasteiger partial charge in [-0.3, -0.25) is 5.43 Å². The van der Waals surface area contributed by atoms with Gasteiger partial charge in [0.1, 0.15) is 17.6 Å². The van der Waals surface area contributed by atoms with Crippen LogP contribution in [0.1, 0.15) is 5.56 Å². The summed E-state index contributed by atoms with van der Waals surface area (Å²) in [6.07, 6.45) is 3.19. The number of hydrazone groups is 1. The zero-order valence-corrected chi connectivity index (χ0v) is 9.95. The summed E-state index contributed by atoms with van der Waals surface area (Å²) in [5.74, 6) is 0.760. The highest BCUT2D eigenvalue weighted by atomic mass is 32.1. The average Bonchev–Trinajstić information content (AvgIpc) is 2.71. The van der Waals surface area contributed by atoms with Crippen molar-refractivity contribution in [3.63, 3.8) is 0 Å². The normalized spacial score (nSPS) is 10.9. The van der Waals surface area contributed by atoms with E-state index in [0.717, 1.165) is 22.3 Å². The minimum Gasteiger partial charge on any atom is -0.497 e. The van der Waals surface area contributed by atoms with Crippen molar-refractivity contribution in [3.05, 3.63) is 30.0 Å². The number of nitrogens with zero attached hydrogens (tertiary/aromatic N) is 1. The summed E-state index contributed by atoms with van der Waals surface area (Å²) in [5.41, 5.74) is 9.32. The molecule has 0 fully saturated rings. The van der Waals surface area contributed by atoms with Gasteiger partial charge < -0.3 is 14.9 Å². The molecule has 17 heavy (non-hydrogen) atoms. The number of nitrogens with two attached hydrogens (primary N) is 1. The molecule has 0 unspecified atom stereocenters. The molecule has 0 saturated carbocycles. The van der Waals surface area contributed by atoms with Crippen LogP contribution in [0.15, 0.2) is 34.0 Å². The molecule has 0 aliphatic carbocycles. The molecule has 0 aliphatic heterocycles. The van der Waals surface area contributed by atoms with Gasteiger partial charge in [0, 0.05) is 10.9 Å². The van der Waals surface area contributed by atoms with Gasteiger partial charge >= 0.3 is 0 Å². The Morgan fingerprint density at radius 1 is 1.59 bits per heavy atom. The van der Waals surface area contributed by atoms with E-state index in [1.54, 1.807) is 19.6 Å². The molecule has 6 heteroatoms. The minimum atomic E-state index is 0.117. The van der Waals surface area contributed by atoms with Gasteiger partial charge in [-0.2, -0.15) is 5.10 Å². The lowest BCUT2D eigenvalue weighted by Gasteiger charge is -1.98. The van der Waals surface area contributed by atoms with Gasteiger partial charge in [0.25, 0.3) is 0 Å². The van der Waals surface area contributed by atoms with Crippen LogP contribution in [0, 0.1) is 0 Å². The fourth-order valence-electron chi connectivity index (χ4n) is 1.42. The van der Waals surface area contributed by atoms with Crippen LogP contribution in [0.2, 0.25) is 0 Å². The van der Waals surface area contributed by atoms with E-state index in [4.69, 9.17) is 14.9 Å². The van der Waals surface area contributed by atoms with Crippen LogP contribution in [0.5, 0.6) is 5.75 Å². The van der Waals surface area contributed by atoms with Crippen LogP contribution in [-0.4, -0.2) is 18.4 Å². The summed E-state index contributed by atoms with van der Waals surface area (Å²) in [4.78, 5) is 0. The zero-order chi connectivity index (χ0) is 12.3. The van der Waals surface area contributed by atoms with Crippen molar-refractivity contribution in [2.24, 2.45) is 10.8 Å². The Bertz CT molecular complexity index is 577. The first-order valence-corrected chi connectivity index (χ1v) is 5.25. The minimum absolute atomic E-state index is 0.117. The van der Waals surface area contributed by atoms with Crippen molar-refractivity contribution >= 4 is 34.5 Å². The van der Waals surface area contributed by atoms with E-state index in [0.29, 0.717) is 0 Å². The maximum atomic E-state index is 5.37. The lowest BCUT2D eigenvalue weighted by atomic mass is 10.2. The van der Waals surface area contributed by atoms with Gasteiger partial charge in [-0.05, 0) is 30.4 Å². The molecule has 0 saturated heterocycles. The lowest BCUT2D eigenvalue weighted by Crippen LogP contribution is -2.23. The maximum Gasteiger partial charge on any atom is 0.184 e. The molecule has 0 aliphatic rings. The standard InChI is InChI=1S/C11H11N3O2S/c1-15-8-2-3-10-9(4-8)7(6-16-10)5-13-14-11(12)17/h2-6H,1H3,(H3,12,14,17)/b13-5+. The molecule has 0 radical (unpaired) electrons. The largest absolute Gasteiger partial charge is 0.497 e. The van der Waals surface area contributed by atoms with E-state index < -0.39 is 0 Å². The second-order valence-corrected chi connectivity index (χ2v) is 3.73. The van der Waals surface area contributed by atoms with E-state index in [1.165, 1.54) is 0 Å². The number of furan rings is 1. The quantitative estimate of drug-likeness (QED) is 0.491. The summed E-state index contributed by atoms with van der Waals surface area (Å²) in [6, 6.07) is 5.55. The molecule has 1 aromatic carbocycles. The Morgan fingerprint density at radius 3 is 3.12 bits per heavy atom. The second-order valence-electron chi connectivity index (χ2n) is 3.29. The molecule has 2 rings (SSSR count). The predicted octanol–water partition coefficient (Wildman–Crippen LogP) is 1.61. The number of nitrogens with one attached hydrogen (secondary N) is 1. The van der Waals surface area contributed by atoms with Gasteiger partial charge in [0.2, 0.25) is 0 Å². The van der Waals surface area contributed by atoms with Gasteiger partial charge in [-0.1, -0.05) is 0 Å². The molecule has 5 nitrogen and oxygen atoms in total. The smallest absolute Gasteiger partial charge is 0.184 e. The Balaban J connectivity index is 2.34. The van der Waals surface area contributed by atoms with Crippen LogP contribution < -0.4 is 15.9 Å². The summed E-state index contributed by atoms with van der Waals surface area (Å²) in [6.45, 7) is 0. The van der Waals surface area contributed by atoms with Gasteiger partial charge in [0.05, 0.1) is 13.3 Å². The molecule has 0 atom stereocenters. The Kier molecular flexibility index (Phi) is 3.24. The second kappa shape index (κ2) is 4.84. The van der Waals surface area contributed by atoms with Crippen LogP contribution in [0.3, 0.4) is 0 Å². The summed E-state index contributed by atoms with van der Waals surface area (Å²) < 4.78 is 10.5. The van der Waals surface area contributed by atoms with Crippen LogP contribution in [0.25, 0.3) is 11.0 Å². The first kappa shape index (κ1) is 11.4. The topological polar surface area (TPSA) is 72.8 Å². The van der Waals surface area contributed by atoms with Gasteiger partial charge in [-0.25, -0.2) is 0 Å². The lowest BCUT2D eigenvalue weighted by molar-refractivity contribution is 0.415. The Hall–Kier alpha value is -2.08. The summed E-state index contributed by atoms with van der Waals surface area (Å²) >= 11 is 4.64. The first-order valence-electron chi connectivity index (χ1n) is 4.84. The van der Waals surface area contributed by atoms with Crippen LogP contribution in [-0.2, 0) is 0 Å². The highest BCUT2D eigenvalue weighted by molar-refractivity contribution is 7.80. The predicted molar refractivity (Wildman–Crippen MR) is 70.3 cm³/mol. The first-order chi connectivity index (χ1) is 8.20. The molecular formula is C11H11N3O2S. The number of fused-ring (bicyclic) bond motifs is 1. The number of benzene rings is 1. The van der Waals surface area contributed by atoms with Crippen LogP contribution >= 0.6 is 12.2 Å².